The predicted octanol–water partition coefficient (Wildman–Crippen LogP) is 2.57. The lowest BCUT2D eigenvalue weighted by Gasteiger charge is -2.41. The summed E-state index contributed by atoms with van der Waals surface area (Å²) in [4.78, 5) is 22.3. The average molecular weight is 385 g/mol. The number of nitriles is 1. The van der Waals surface area contributed by atoms with E-state index in [0.29, 0.717) is 24.8 Å². The zero-order valence-electron chi connectivity index (χ0n) is 15.3. The molecule has 3 heterocycles. The number of thiophene rings is 1. The van der Waals surface area contributed by atoms with Crippen LogP contribution in [-0.2, 0) is 11.2 Å². The fourth-order valence-corrected chi connectivity index (χ4v) is 4.35. The van der Waals surface area contributed by atoms with Gasteiger partial charge in [-0.2, -0.15) is 10.2 Å². The molecular formula is C19H23N5O2S. The molecule has 2 aliphatic rings. The van der Waals surface area contributed by atoms with Gasteiger partial charge in [0.1, 0.15) is 5.41 Å². The van der Waals surface area contributed by atoms with Crippen LogP contribution in [0.15, 0.2) is 22.0 Å². The third kappa shape index (κ3) is 3.75. The molecule has 1 aliphatic heterocycles. The topological polar surface area (TPSA) is 86.3 Å². The van der Waals surface area contributed by atoms with Gasteiger partial charge in [0.25, 0.3) is 0 Å². The van der Waals surface area contributed by atoms with Crippen LogP contribution in [-0.4, -0.2) is 58.6 Å². The minimum Gasteiger partial charge on any atom is -0.339 e. The van der Waals surface area contributed by atoms with Crippen molar-refractivity contribution in [3.8, 4) is 16.8 Å². The van der Waals surface area contributed by atoms with E-state index in [-0.39, 0.29) is 5.91 Å². The standard InChI is InChI=1S/C19H23N5O2S/c20-14-19(6-3-7-19)18(25)24-11-9-23(10-12-24)8-1-5-16-21-17(22-26-16)15-4-2-13-27-15/h2,4,13H,1,3,5-12H2. The van der Waals surface area contributed by atoms with Crippen LogP contribution in [0.2, 0.25) is 0 Å². The molecule has 4 rings (SSSR count). The van der Waals surface area contributed by atoms with Crippen molar-refractivity contribution < 1.29 is 9.32 Å². The maximum absolute atomic E-state index is 12.6. The number of hydrogen-bond donors (Lipinski definition) is 0. The summed E-state index contributed by atoms with van der Waals surface area (Å²) < 4.78 is 5.34. The Morgan fingerprint density at radius 1 is 1.33 bits per heavy atom. The predicted molar refractivity (Wildman–Crippen MR) is 101 cm³/mol. The molecule has 2 aromatic heterocycles. The minimum absolute atomic E-state index is 0.0443. The molecule has 0 bridgehead atoms. The molecule has 0 atom stereocenters. The first-order valence-electron chi connectivity index (χ1n) is 9.50. The second kappa shape index (κ2) is 7.79. The van der Waals surface area contributed by atoms with Crippen molar-refractivity contribution in [1.29, 1.82) is 5.26 Å². The molecule has 1 saturated heterocycles. The Morgan fingerprint density at radius 2 is 2.15 bits per heavy atom. The maximum atomic E-state index is 12.6. The van der Waals surface area contributed by atoms with E-state index in [9.17, 15) is 10.1 Å². The second-order valence-electron chi connectivity index (χ2n) is 7.27. The number of carbonyl (C=O) groups is 1. The van der Waals surface area contributed by atoms with Crippen LogP contribution in [0.5, 0.6) is 0 Å². The number of piperazine rings is 1. The molecule has 0 unspecified atom stereocenters. The SMILES string of the molecule is N#CC1(C(=O)N2CCN(CCCc3nc(-c4cccs4)no3)CC2)CCC1. The third-order valence-electron chi connectivity index (χ3n) is 5.56. The molecule has 1 amide bonds. The first kappa shape index (κ1) is 18.1. The summed E-state index contributed by atoms with van der Waals surface area (Å²) in [5, 5.41) is 15.4. The average Bonchev–Trinajstić information content (AvgIpc) is 3.33. The van der Waals surface area contributed by atoms with E-state index in [0.717, 1.165) is 56.6 Å². The van der Waals surface area contributed by atoms with Gasteiger partial charge in [0.05, 0.1) is 10.9 Å². The third-order valence-corrected chi connectivity index (χ3v) is 6.43. The number of carbonyl (C=O) groups excluding carboxylic acids is 1. The van der Waals surface area contributed by atoms with Gasteiger partial charge >= 0.3 is 0 Å². The quantitative estimate of drug-likeness (QED) is 0.760. The Labute approximate surface area is 162 Å². The van der Waals surface area contributed by atoms with E-state index in [1.165, 1.54) is 0 Å². The van der Waals surface area contributed by atoms with Crippen LogP contribution in [0.3, 0.4) is 0 Å². The number of hydrogen-bond acceptors (Lipinski definition) is 7. The summed E-state index contributed by atoms with van der Waals surface area (Å²) in [6.45, 7) is 4.09. The molecule has 1 aliphatic carbocycles. The fraction of sp³-hybridized carbons (Fsp3) is 0.579. The van der Waals surface area contributed by atoms with Gasteiger partial charge in [0.2, 0.25) is 17.6 Å². The zero-order valence-corrected chi connectivity index (χ0v) is 16.1. The Morgan fingerprint density at radius 3 is 2.78 bits per heavy atom. The van der Waals surface area contributed by atoms with Crippen molar-refractivity contribution in [2.45, 2.75) is 32.1 Å². The van der Waals surface area contributed by atoms with Gasteiger partial charge in [-0.25, -0.2) is 0 Å². The summed E-state index contributed by atoms with van der Waals surface area (Å²) in [5.41, 5.74) is -0.722. The minimum atomic E-state index is -0.722. The molecular weight excluding hydrogens is 362 g/mol. The Bertz CT molecular complexity index is 814. The first-order chi connectivity index (χ1) is 13.2. The highest BCUT2D eigenvalue weighted by atomic mass is 32.1. The highest BCUT2D eigenvalue weighted by Crippen LogP contribution is 2.42. The number of amides is 1. The van der Waals surface area contributed by atoms with Crippen LogP contribution in [0, 0.1) is 16.7 Å². The number of aromatic nitrogens is 2. The van der Waals surface area contributed by atoms with Gasteiger partial charge in [0.15, 0.2) is 0 Å². The number of nitrogens with zero attached hydrogens (tertiary/aromatic N) is 5. The lowest BCUT2D eigenvalue weighted by Crippen LogP contribution is -2.54. The molecule has 0 radical (unpaired) electrons. The van der Waals surface area contributed by atoms with Crippen molar-refractivity contribution >= 4 is 17.2 Å². The smallest absolute Gasteiger partial charge is 0.243 e. The second-order valence-corrected chi connectivity index (χ2v) is 8.22. The molecule has 0 N–H and O–H groups in total. The maximum Gasteiger partial charge on any atom is 0.243 e. The molecule has 1 saturated carbocycles. The normalized spacial score (nSPS) is 19.4. The first-order valence-corrected chi connectivity index (χ1v) is 10.4. The molecule has 0 aromatic carbocycles. The zero-order chi connectivity index (χ0) is 18.7. The lowest BCUT2D eigenvalue weighted by atomic mass is 9.69. The van der Waals surface area contributed by atoms with Gasteiger partial charge in [-0.3, -0.25) is 9.69 Å². The van der Waals surface area contributed by atoms with E-state index in [4.69, 9.17) is 4.52 Å². The summed E-state index contributed by atoms with van der Waals surface area (Å²) in [6.07, 6.45) is 4.14. The van der Waals surface area contributed by atoms with Crippen LogP contribution >= 0.6 is 11.3 Å². The highest BCUT2D eigenvalue weighted by Gasteiger charge is 2.47. The Balaban J connectivity index is 1.20. The summed E-state index contributed by atoms with van der Waals surface area (Å²) >= 11 is 1.60. The van der Waals surface area contributed by atoms with Gasteiger partial charge in [-0.05, 0) is 43.7 Å². The van der Waals surface area contributed by atoms with Gasteiger partial charge < -0.3 is 9.42 Å². The summed E-state index contributed by atoms with van der Waals surface area (Å²) in [6, 6.07) is 6.22. The molecule has 0 spiro atoms. The molecule has 7 nitrogen and oxygen atoms in total. The van der Waals surface area contributed by atoms with Gasteiger partial charge in [-0.1, -0.05) is 11.2 Å². The molecule has 8 heteroatoms. The Kier molecular flexibility index (Phi) is 5.23. The van der Waals surface area contributed by atoms with E-state index in [1.54, 1.807) is 11.3 Å². The van der Waals surface area contributed by atoms with E-state index < -0.39 is 5.41 Å². The van der Waals surface area contributed by atoms with Crippen LogP contribution < -0.4 is 0 Å². The Hall–Kier alpha value is -2.24. The van der Waals surface area contributed by atoms with E-state index >= 15 is 0 Å². The van der Waals surface area contributed by atoms with E-state index in [1.807, 2.05) is 22.4 Å². The van der Waals surface area contributed by atoms with Gasteiger partial charge in [-0.15, -0.1) is 11.3 Å². The van der Waals surface area contributed by atoms with Crippen LogP contribution in [0.25, 0.3) is 10.7 Å². The molecule has 2 aromatic rings. The van der Waals surface area contributed by atoms with Crippen molar-refractivity contribution in [2.24, 2.45) is 5.41 Å². The highest BCUT2D eigenvalue weighted by molar-refractivity contribution is 7.13. The number of aryl methyl sites for hydroxylation is 1. The summed E-state index contributed by atoms with van der Waals surface area (Å²) in [7, 11) is 0. The monoisotopic (exact) mass is 385 g/mol. The van der Waals surface area contributed by atoms with Crippen molar-refractivity contribution in [1.82, 2.24) is 19.9 Å². The van der Waals surface area contributed by atoms with Crippen molar-refractivity contribution in [3.63, 3.8) is 0 Å². The van der Waals surface area contributed by atoms with Crippen LogP contribution in [0.1, 0.15) is 31.6 Å². The van der Waals surface area contributed by atoms with E-state index in [2.05, 4.69) is 21.1 Å². The van der Waals surface area contributed by atoms with Crippen molar-refractivity contribution in [3.05, 3.63) is 23.4 Å². The van der Waals surface area contributed by atoms with Gasteiger partial charge in [0, 0.05) is 32.6 Å². The number of rotatable bonds is 6. The molecule has 27 heavy (non-hydrogen) atoms. The molecule has 2 fully saturated rings. The van der Waals surface area contributed by atoms with Crippen molar-refractivity contribution in [2.75, 3.05) is 32.7 Å². The summed E-state index contributed by atoms with van der Waals surface area (Å²) in [5.74, 6) is 1.38. The molecule has 142 valence electrons. The largest absolute Gasteiger partial charge is 0.339 e. The lowest BCUT2D eigenvalue weighted by molar-refractivity contribution is -0.144. The fourth-order valence-electron chi connectivity index (χ4n) is 3.70. The van der Waals surface area contributed by atoms with Crippen LogP contribution in [0.4, 0.5) is 0 Å².